The number of anilines is 1. The molecule has 0 saturated heterocycles. The van der Waals surface area contributed by atoms with Crippen LogP contribution in [0.3, 0.4) is 0 Å². The fourth-order valence-corrected chi connectivity index (χ4v) is 2.06. The summed E-state index contributed by atoms with van der Waals surface area (Å²) in [7, 11) is 0. The molecule has 0 N–H and O–H groups in total. The summed E-state index contributed by atoms with van der Waals surface area (Å²) >= 11 is 0. The molecule has 1 aliphatic heterocycles. The number of nitrogens with zero attached hydrogens (tertiary/aromatic N) is 1. The van der Waals surface area contributed by atoms with Crippen LogP contribution in [0.15, 0.2) is 24.3 Å². The Hall–Kier alpha value is -2.11. The van der Waals surface area contributed by atoms with Crippen molar-refractivity contribution in [2.45, 2.75) is 45.6 Å². The van der Waals surface area contributed by atoms with Gasteiger partial charge in [-0.2, -0.15) is 9.29 Å². The van der Waals surface area contributed by atoms with Crippen molar-refractivity contribution in [3.05, 3.63) is 29.8 Å². The molecule has 6 heteroatoms. The second-order valence-corrected chi connectivity index (χ2v) is 6.09. The minimum absolute atomic E-state index is 0.131. The summed E-state index contributed by atoms with van der Waals surface area (Å²) in [6.07, 6.45) is -2.11. The number of alkyl halides is 1. The van der Waals surface area contributed by atoms with E-state index in [1.807, 2.05) is 0 Å². The number of amides is 2. The first kappa shape index (κ1) is 15.3. The molecule has 114 valence electrons. The predicted octanol–water partition coefficient (Wildman–Crippen LogP) is 3.81. The van der Waals surface area contributed by atoms with Crippen LogP contribution < -0.4 is 4.90 Å². The Morgan fingerprint density at radius 3 is 2.62 bits per heavy atom. The molecule has 0 fully saturated rings. The first-order chi connectivity index (χ1) is 9.59. The Kier molecular flexibility index (Phi) is 3.65. The van der Waals surface area contributed by atoms with Crippen LogP contribution in [0.4, 0.5) is 19.7 Å². The molecule has 0 aliphatic carbocycles. The van der Waals surface area contributed by atoms with E-state index in [1.54, 1.807) is 45.0 Å². The van der Waals surface area contributed by atoms with Crippen LogP contribution in [0.2, 0.25) is 0 Å². The fraction of sp³-hybridized carbons (Fsp3) is 0.467. The van der Waals surface area contributed by atoms with E-state index in [2.05, 4.69) is 0 Å². The predicted molar refractivity (Wildman–Crippen MR) is 74.9 cm³/mol. The number of hydrogen-bond donors (Lipinski definition) is 0. The topological polar surface area (TPSA) is 55.8 Å². The highest BCUT2D eigenvalue weighted by Crippen LogP contribution is 2.33. The maximum Gasteiger partial charge on any atom is 0.426 e. The largest absolute Gasteiger partial charge is 0.443 e. The average molecular weight is 295 g/mol. The number of cyclic esters (lactones) is 1. The van der Waals surface area contributed by atoms with Crippen molar-refractivity contribution >= 4 is 17.9 Å². The van der Waals surface area contributed by atoms with Crippen molar-refractivity contribution in [2.24, 2.45) is 0 Å². The molecule has 1 heterocycles. The van der Waals surface area contributed by atoms with Crippen LogP contribution in [0, 0.1) is 0 Å². The van der Waals surface area contributed by atoms with Gasteiger partial charge < -0.3 is 9.47 Å². The third-order valence-corrected chi connectivity index (χ3v) is 2.80. The molecule has 1 aliphatic rings. The number of rotatable bonds is 0. The van der Waals surface area contributed by atoms with E-state index in [9.17, 15) is 14.0 Å². The lowest BCUT2D eigenvalue weighted by molar-refractivity contribution is -0.0736. The summed E-state index contributed by atoms with van der Waals surface area (Å²) in [5.41, 5.74) is -0.00482. The number of para-hydroxylation sites is 1. The van der Waals surface area contributed by atoms with Gasteiger partial charge in [0, 0.05) is 13.3 Å². The molecule has 1 unspecified atom stereocenters. The standard InChI is InChI=1S/C15H18FNO4/c1-14(2,3)20-12(18)17-11-8-6-5-7-10(11)9-15(4,16)21-13(17)19/h5-8H,9H2,1-4H3. The van der Waals surface area contributed by atoms with Crippen LogP contribution in [0.1, 0.15) is 33.3 Å². The van der Waals surface area contributed by atoms with Crippen molar-refractivity contribution in [1.29, 1.82) is 0 Å². The molecule has 1 aromatic carbocycles. The Morgan fingerprint density at radius 2 is 2.00 bits per heavy atom. The SMILES string of the molecule is CC(C)(C)OC(=O)N1C(=O)OC(C)(F)Cc2ccccc21. The van der Waals surface area contributed by atoms with Crippen molar-refractivity contribution in [3.8, 4) is 0 Å². The highest BCUT2D eigenvalue weighted by atomic mass is 19.2. The molecule has 0 radical (unpaired) electrons. The number of benzene rings is 1. The molecule has 0 aromatic heterocycles. The minimum atomic E-state index is -2.18. The summed E-state index contributed by atoms with van der Waals surface area (Å²) in [5.74, 6) is -2.18. The number of ether oxygens (including phenoxy) is 2. The van der Waals surface area contributed by atoms with Gasteiger partial charge in [0.05, 0.1) is 5.69 Å². The summed E-state index contributed by atoms with van der Waals surface area (Å²) in [5, 5.41) is 0. The maximum absolute atomic E-state index is 14.2. The summed E-state index contributed by atoms with van der Waals surface area (Å²) in [4.78, 5) is 25.0. The van der Waals surface area contributed by atoms with E-state index in [1.165, 1.54) is 0 Å². The molecular formula is C15H18FNO4. The zero-order valence-corrected chi connectivity index (χ0v) is 12.5. The third kappa shape index (κ3) is 3.51. The minimum Gasteiger partial charge on any atom is -0.443 e. The number of carbonyl (C=O) groups is 2. The van der Waals surface area contributed by atoms with E-state index in [0.29, 0.717) is 5.56 Å². The smallest absolute Gasteiger partial charge is 0.426 e. The number of imide groups is 1. The molecule has 2 amide bonds. The van der Waals surface area contributed by atoms with E-state index in [4.69, 9.17) is 9.47 Å². The van der Waals surface area contributed by atoms with E-state index in [0.717, 1.165) is 11.8 Å². The van der Waals surface area contributed by atoms with Gasteiger partial charge in [-0.3, -0.25) is 0 Å². The first-order valence-corrected chi connectivity index (χ1v) is 6.62. The Morgan fingerprint density at radius 1 is 1.38 bits per heavy atom. The number of hydrogen-bond acceptors (Lipinski definition) is 4. The highest BCUT2D eigenvalue weighted by molar-refractivity contribution is 6.10. The van der Waals surface area contributed by atoms with Gasteiger partial charge >= 0.3 is 12.2 Å². The zero-order valence-electron chi connectivity index (χ0n) is 12.5. The molecule has 0 saturated carbocycles. The molecule has 1 aromatic rings. The van der Waals surface area contributed by atoms with Crippen molar-refractivity contribution in [2.75, 3.05) is 4.90 Å². The van der Waals surface area contributed by atoms with Crippen LogP contribution in [-0.4, -0.2) is 23.6 Å². The van der Waals surface area contributed by atoms with Gasteiger partial charge in [-0.15, -0.1) is 0 Å². The van der Waals surface area contributed by atoms with Crippen LogP contribution in [0.25, 0.3) is 0 Å². The monoisotopic (exact) mass is 295 g/mol. The second-order valence-electron chi connectivity index (χ2n) is 6.09. The lowest BCUT2D eigenvalue weighted by atomic mass is 10.1. The second kappa shape index (κ2) is 5.02. The molecular weight excluding hydrogens is 277 g/mol. The van der Waals surface area contributed by atoms with Gasteiger partial charge in [0.2, 0.25) is 0 Å². The van der Waals surface area contributed by atoms with Gasteiger partial charge in [-0.25, -0.2) is 9.59 Å². The Labute approximate surface area is 122 Å². The molecule has 5 nitrogen and oxygen atoms in total. The van der Waals surface area contributed by atoms with Gasteiger partial charge in [0.25, 0.3) is 5.85 Å². The Bertz CT molecular complexity index is 577. The molecule has 0 spiro atoms. The van der Waals surface area contributed by atoms with Crippen LogP contribution >= 0.6 is 0 Å². The number of carbonyl (C=O) groups excluding carboxylic acids is 2. The third-order valence-electron chi connectivity index (χ3n) is 2.80. The van der Waals surface area contributed by atoms with Crippen molar-refractivity contribution < 1.29 is 23.5 Å². The van der Waals surface area contributed by atoms with Gasteiger partial charge in [0.1, 0.15) is 5.60 Å². The van der Waals surface area contributed by atoms with Crippen LogP contribution in [0.5, 0.6) is 0 Å². The lowest BCUT2D eigenvalue weighted by Gasteiger charge is -2.25. The van der Waals surface area contributed by atoms with Crippen LogP contribution in [-0.2, 0) is 15.9 Å². The van der Waals surface area contributed by atoms with Gasteiger partial charge in [0.15, 0.2) is 0 Å². The summed E-state index contributed by atoms with van der Waals surface area (Å²) in [6.45, 7) is 6.19. The zero-order chi connectivity index (χ0) is 15.8. The van der Waals surface area contributed by atoms with Crippen molar-refractivity contribution in [1.82, 2.24) is 0 Å². The number of halogens is 1. The Balaban J connectivity index is 2.45. The van der Waals surface area contributed by atoms with Gasteiger partial charge in [-0.05, 0) is 32.4 Å². The molecule has 2 rings (SSSR count). The normalized spacial score (nSPS) is 22.1. The first-order valence-electron chi connectivity index (χ1n) is 6.62. The van der Waals surface area contributed by atoms with Crippen molar-refractivity contribution in [3.63, 3.8) is 0 Å². The average Bonchev–Trinajstić information content (AvgIpc) is 2.37. The van der Waals surface area contributed by atoms with E-state index in [-0.39, 0.29) is 12.1 Å². The fourth-order valence-electron chi connectivity index (χ4n) is 2.06. The lowest BCUT2D eigenvalue weighted by Crippen LogP contribution is -2.42. The van der Waals surface area contributed by atoms with E-state index < -0.39 is 23.6 Å². The quantitative estimate of drug-likeness (QED) is 0.730. The summed E-state index contributed by atoms with van der Waals surface area (Å²) in [6, 6.07) is 6.57. The molecule has 1 atom stereocenters. The van der Waals surface area contributed by atoms with Gasteiger partial charge in [-0.1, -0.05) is 18.2 Å². The highest BCUT2D eigenvalue weighted by Gasteiger charge is 2.41. The maximum atomic E-state index is 14.2. The molecule has 21 heavy (non-hydrogen) atoms. The molecule has 0 bridgehead atoms. The van der Waals surface area contributed by atoms with E-state index >= 15 is 0 Å². The summed E-state index contributed by atoms with van der Waals surface area (Å²) < 4.78 is 24.2. The number of fused-ring (bicyclic) bond motifs is 1.